The van der Waals surface area contributed by atoms with Crippen LogP contribution in [0.15, 0.2) is 29.8 Å². The third-order valence-corrected chi connectivity index (χ3v) is 4.26. The van der Waals surface area contributed by atoms with E-state index in [4.69, 9.17) is 0 Å². The number of aryl methyl sites for hydroxylation is 1. The van der Waals surface area contributed by atoms with E-state index in [0.29, 0.717) is 12.2 Å². The van der Waals surface area contributed by atoms with E-state index in [9.17, 15) is 9.90 Å². The second kappa shape index (κ2) is 3.46. The summed E-state index contributed by atoms with van der Waals surface area (Å²) in [5, 5.41) is 9.54. The van der Waals surface area contributed by atoms with Crippen LogP contribution in [0.4, 0.5) is 0 Å². The SMILES string of the molecule is C[C@@]12CCC(=O)C=C1CCc1cc(O)ccc12. The lowest BCUT2D eigenvalue weighted by molar-refractivity contribution is -0.115. The average Bonchev–Trinajstić information content (AvgIpc) is 2.30. The molecular weight excluding hydrogens is 212 g/mol. The number of ketones is 1. The van der Waals surface area contributed by atoms with Crippen LogP contribution in [0.2, 0.25) is 0 Å². The lowest BCUT2D eigenvalue weighted by Crippen LogP contribution is -2.34. The number of fused-ring (bicyclic) bond motifs is 3. The molecule has 2 nitrogen and oxygen atoms in total. The van der Waals surface area contributed by atoms with E-state index in [1.54, 1.807) is 6.07 Å². The number of rotatable bonds is 0. The van der Waals surface area contributed by atoms with Crippen molar-refractivity contribution in [3.05, 3.63) is 41.0 Å². The van der Waals surface area contributed by atoms with Gasteiger partial charge in [0.2, 0.25) is 0 Å². The molecule has 0 unspecified atom stereocenters. The summed E-state index contributed by atoms with van der Waals surface area (Å²) in [6.45, 7) is 2.22. The first kappa shape index (κ1) is 10.6. The zero-order chi connectivity index (χ0) is 12.0. The minimum Gasteiger partial charge on any atom is -0.508 e. The number of phenolic OH excluding ortho intramolecular Hbond substituents is 1. The van der Waals surface area contributed by atoms with Crippen molar-refractivity contribution in [2.24, 2.45) is 0 Å². The lowest BCUT2D eigenvalue weighted by Gasteiger charge is -2.40. The number of hydrogen-bond acceptors (Lipinski definition) is 2. The minimum atomic E-state index is 0.00912. The molecule has 0 saturated heterocycles. The fourth-order valence-electron chi connectivity index (χ4n) is 3.21. The maximum atomic E-state index is 11.5. The van der Waals surface area contributed by atoms with Crippen molar-refractivity contribution in [3.8, 4) is 5.75 Å². The first-order chi connectivity index (χ1) is 8.09. The Kier molecular flexibility index (Phi) is 2.15. The Hall–Kier alpha value is -1.57. The number of benzene rings is 1. The van der Waals surface area contributed by atoms with Gasteiger partial charge < -0.3 is 5.11 Å². The quantitative estimate of drug-likeness (QED) is 0.741. The van der Waals surface area contributed by atoms with Crippen LogP contribution < -0.4 is 0 Å². The van der Waals surface area contributed by atoms with Gasteiger partial charge in [-0.3, -0.25) is 4.79 Å². The van der Waals surface area contributed by atoms with Gasteiger partial charge in [-0.15, -0.1) is 0 Å². The first-order valence-corrected chi connectivity index (χ1v) is 6.16. The summed E-state index contributed by atoms with van der Waals surface area (Å²) >= 11 is 0. The van der Waals surface area contributed by atoms with Crippen molar-refractivity contribution >= 4 is 5.78 Å². The summed E-state index contributed by atoms with van der Waals surface area (Å²) in [5.41, 5.74) is 3.81. The smallest absolute Gasteiger partial charge is 0.155 e. The van der Waals surface area contributed by atoms with Gasteiger partial charge in [-0.1, -0.05) is 18.6 Å². The van der Waals surface area contributed by atoms with E-state index in [2.05, 4.69) is 6.92 Å². The fourth-order valence-corrected chi connectivity index (χ4v) is 3.21. The summed E-state index contributed by atoms with van der Waals surface area (Å²) in [7, 11) is 0. The van der Waals surface area contributed by atoms with Crippen LogP contribution in [0.1, 0.15) is 37.3 Å². The normalized spacial score (nSPS) is 27.1. The number of hydrogen-bond donors (Lipinski definition) is 1. The predicted molar refractivity (Wildman–Crippen MR) is 66.1 cm³/mol. The standard InChI is InChI=1S/C15H16O2/c1-15-7-6-13(17)9-11(15)3-2-10-8-12(16)4-5-14(10)15/h4-5,8-9,16H,2-3,6-7H2,1H3/t15-/m1/s1. The van der Waals surface area contributed by atoms with Gasteiger partial charge >= 0.3 is 0 Å². The third-order valence-electron chi connectivity index (χ3n) is 4.26. The zero-order valence-corrected chi connectivity index (χ0v) is 9.99. The molecule has 1 N–H and O–H groups in total. The molecule has 2 aliphatic carbocycles. The maximum absolute atomic E-state index is 11.5. The monoisotopic (exact) mass is 228 g/mol. The van der Waals surface area contributed by atoms with Crippen molar-refractivity contribution in [1.29, 1.82) is 0 Å². The Morgan fingerprint density at radius 2 is 2.06 bits per heavy atom. The van der Waals surface area contributed by atoms with Crippen LogP contribution in [0.25, 0.3) is 0 Å². The van der Waals surface area contributed by atoms with Gasteiger partial charge in [0.25, 0.3) is 0 Å². The Labute approximate surface area is 101 Å². The summed E-state index contributed by atoms with van der Waals surface area (Å²) < 4.78 is 0. The molecule has 0 aromatic heterocycles. The van der Waals surface area contributed by atoms with E-state index in [1.165, 1.54) is 16.7 Å². The van der Waals surface area contributed by atoms with Crippen LogP contribution >= 0.6 is 0 Å². The molecule has 0 fully saturated rings. The van der Waals surface area contributed by atoms with E-state index in [-0.39, 0.29) is 11.2 Å². The number of allylic oxidation sites excluding steroid dienone is 2. The van der Waals surface area contributed by atoms with E-state index >= 15 is 0 Å². The van der Waals surface area contributed by atoms with Crippen LogP contribution in [0.5, 0.6) is 5.75 Å². The van der Waals surface area contributed by atoms with E-state index in [0.717, 1.165) is 19.3 Å². The molecular formula is C15H16O2. The molecule has 17 heavy (non-hydrogen) atoms. The molecule has 0 radical (unpaired) electrons. The molecule has 2 aliphatic rings. The molecule has 0 amide bonds. The van der Waals surface area contributed by atoms with Gasteiger partial charge in [-0.2, -0.15) is 0 Å². The third kappa shape index (κ3) is 1.51. The molecule has 0 saturated carbocycles. The van der Waals surface area contributed by atoms with Crippen LogP contribution in [-0.2, 0) is 16.6 Å². The zero-order valence-electron chi connectivity index (χ0n) is 9.99. The minimum absolute atomic E-state index is 0.00912. The average molecular weight is 228 g/mol. The molecule has 2 heteroatoms. The van der Waals surface area contributed by atoms with Gasteiger partial charge in [-0.25, -0.2) is 0 Å². The second-order valence-corrected chi connectivity index (χ2v) is 5.31. The van der Waals surface area contributed by atoms with Crippen LogP contribution in [-0.4, -0.2) is 10.9 Å². The highest BCUT2D eigenvalue weighted by atomic mass is 16.3. The Morgan fingerprint density at radius 1 is 1.24 bits per heavy atom. The summed E-state index contributed by atoms with van der Waals surface area (Å²) in [4.78, 5) is 11.5. The molecule has 1 atom stereocenters. The van der Waals surface area contributed by atoms with Crippen molar-refractivity contribution < 1.29 is 9.90 Å². The predicted octanol–water partition coefficient (Wildman–Crippen LogP) is 2.89. The molecule has 1 aromatic rings. The summed E-state index contributed by atoms with van der Waals surface area (Å²) in [5.74, 6) is 0.603. The van der Waals surface area contributed by atoms with Gasteiger partial charge in [0.15, 0.2) is 5.78 Å². The highest BCUT2D eigenvalue weighted by Crippen LogP contribution is 2.46. The fraction of sp³-hybridized carbons (Fsp3) is 0.400. The molecule has 88 valence electrons. The largest absolute Gasteiger partial charge is 0.508 e. The highest BCUT2D eigenvalue weighted by Gasteiger charge is 2.38. The Bertz CT molecular complexity index is 528. The second-order valence-electron chi connectivity index (χ2n) is 5.31. The molecule has 0 aliphatic heterocycles. The molecule has 3 rings (SSSR count). The van der Waals surface area contributed by atoms with Gasteiger partial charge in [0.05, 0.1) is 0 Å². The van der Waals surface area contributed by atoms with Gasteiger partial charge in [-0.05, 0) is 48.6 Å². The molecule has 0 bridgehead atoms. The molecule has 0 heterocycles. The number of carbonyl (C=O) groups excluding carboxylic acids is 1. The topological polar surface area (TPSA) is 37.3 Å². The Morgan fingerprint density at radius 3 is 2.88 bits per heavy atom. The highest BCUT2D eigenvalue weighted by molar-refractivity contribution is 5.92. The van der Waals surface area contributed by atoms with Crippen molar-refractivity contribution in [3.63, 3.8) is 0 Å². The number of phenols is 1. The van der Waals surface area contributed by atoms with Crippen molar-refractivity contribution in [2.45, 2.75) is 38.0 Å². The molecule has 0 spiro atoms. The maximum Gasteiger partial charge on any atom is 0.155 e. The van der Waals surface area contributed by atoms with Crippen LogP contribution in [0, 0.1) is 0 Å². The Balaban J connectivity index is 2.17. The first-order valence-electron chi connectivity index (χ1n) is 6.16. The number of carbonyl (C=O) groups is 1. The number of aromatic hydroxyl groups is 1. The van der Waals surface area contributed by atoms with Crippen molar-refractivity contribution in [2.75, 3.05) is 0 Å². The van der Waals surface area contributed by atoms with Gasteiger partial charge in [0.1, 0.15) is 5.75 Å². The van der Waals surface area contributed by atoms with Crippen molar-refractivity contribution in [1.82, 2.24) is 0 Å². The summed E-state index contributed by atoms with van der Waals surface area (Å²) in [6, 6.07) is 5.64. The van der Waals surface area contributed by atoms with E-state index < -0.39 is 0 Å². The summed E-state index contributed by atoms with van der Waals surface area (Å²) in [6.07, 6.45) is 5.26. The lowest BCUT2D eigenvalue weighted by atomic mass is 9.63. The van der Waals surface area contributed by atoms with Gasteiger partial charge in [0, 0.05) is 11.8 Å². The van der Waals surface area contributed by atoms with E-state index in [1.807, 2.05) is 18.2 Å². The molecule has 1 aromatic carbocycles. The van der Waals surface area contributed by atoms with Crippen LogP contribution in [0.3, 0.4) is 0 Å².